The fourth-order valence-electron chi connectivity index (χ4n) is 3.27. The molecule has 0 aliphatic rings. The van der Waals surface area contributed by atoms with Crippen molar-refractivity contribution in [2.24, 2.45) is 7.05 Å². The van der Waals surface area contributed by atoms with Gasteiger partial charge in [-0.15, -0.1) is 0 Å². The van der Waals surface area contributed by atoms with Crippen molar-refractivity contribution in [1.82, 2.24) is 19.6 Å². The number of allylic oxidation sites excluding steroid dienone is 1. The zero-order valence-electron chi connectivity index (χ0n) is 19.7. The second-order valence-corrected chi connectivity index (χ2v) is 9.92. The number of esters is 1. The van der Waals surface area contributed by atoms with Gasteiger partial charge in [-0.05, 0) is 26.0 Å². The molecule has 3 rings (SSSR count). The molecule has 0 unspecified atom stereocenters. The topological polar surface area (TPSA) is 122 Å². The van der Waals surface area contributed by atoms with Crippen LogP contribution >= 0.6 is 11.6 Å². The highest BCUT2D eigenvalue weighted by atomic mass is 35.5. The number of ketones is 1. The lowest BCUT2D eigenvalue weighted by atomic mass is 10.0. The van der Waals surface area contributed by atoms with E-state index in [0.29, 0.717) is 6.54 Å². The second kappa shape index (κ2) is 11.0. The highest BCUT2D eigenvalue weighted by Gasteiger charge is 2.27. The minimum atomic E-state index is -3.65. The third kappa shape index (κ3) is 5.87. The minimum absolute atomic E-state index is 0.00104. The van der Waals surface area contributed by atoms with Crippen LogP contribution in [0.15, 0.2) is 47.8 Å². The van der Waals surface area contributed by atoms with Gasteiger partial charge in [-0.2, -0.15) is 10.2 Å². The Balaban J connectivity index is 2.02. The molecule has 0 fully saturated rings. The molecule has 1 aromatic carbocycles. The molecule has 0 saturated heterocycles. The summed E-state index contributed by atoms with van der Waals surface area (Å²) in [5, 5.41) is 8.02. The van der Waals surface area contributed by atoms with E-state index >= 15 is 0 Å². The number of ether oxygens (including phenoxy) is 2. The Hall–Kier alpha value is -3.28. The van der Waals surface area contributed by atoms with Crippen LogP contribution in [0.4, 0.5) is 0 Å². The van der Waals surface area contributed by atoms with Crippen molar-refractivity contribution in [2.75, 3.05) is 12.9 Å². The molecule has 0 aliphatic carbocycles. The SMILES string of the molecule is C/C=C/COCc1c(S(C)(=O)=O)ccc(C(=O)c2cnn(CC)c2OC(=O)c2cnn(C)c2)c1Cl. The molecule has 0 amide bonds. The zero-order chi connectivity index (χ0) is 25.8. The summed E-state index contributed by atoms with van der Waals surface area (Å²) in [6, 6.07) is 2.64. The summed E-state index contributed by atoms with van der Waals surface area (Å²) < 4.78 is 38.5. The average Bonchev–Trinajstić information content (AvgIpc) is 3.42. The van der Waals surface area contributed by atoms with Crippen molar-refractivity contribution in [3.05, 3.63) is 70.2 Å². The smallest absolute Gasteiger partial charge is 0.348 e. The lowest BCUT2D eigenvalue weighted by molar-refractivity contribution is 0.0716. The number of halogens is 1. The molecule has 0 atom stereocenters. The number of carbonyl (C=O) groups excluding carboxylic acids is 2. The molecule has 10 nitrogen and oxygen atoms in total. The van der Waals surface area contributed by atoms with Gasteiger partial charge in [0, 0.05) is 37.2 Å². The lowest BCUT2D eigenvalue weighted by Crippen LogP contribution is -2.15. The summed E-state index contributed by atoms with van der Waals surface area (Å²) in [5.74, 6) is -1.35. The maximum absolute atomic E-state index is 13.5. The molecule has 0 radical (unpaired) electrons. The summed E-state index contributed by atoms with van der Waals surface area (Å²) >= 11 is 6.55. The molecule has 0 N–H and O–H groups in total. The highest BCUT2D eigenvalue weighted by molar-refractivity contribution is 7.90. The first kappa shape index (κ1) is 26.3. The summed E-state index contributed by atoms with van der Waals surface area (Å²) in [6.45, 7) is 4.05. The Kier molecular flexibility index (Phi) is 8.26. The van der Waals surface area contributed by atoms with Gasteiger partial charge in [-0.3, -0.25) is 9.48 Å². The van der Waals surface area contributed by atoms with Crippen molar-refractivity contribution >= 4 is 33.2 Å². The normalized spacial score (nSPS) is 11.8. The number of rotatable bonds is 10. The van der Waals surface area contributed by atoms with Gasteiger partial charge in [0.15, 0.2) is 9.84 Å². The predicted molar refractivity (Wildman–Crippen MR) is 129 cm³/mol. The summed E-state index contributed by atoms with van der Waals surface area (Å²) in [7, 11) is -1.99. The number of benzene rings is 1. The van der Waals surface area contributed by atoms with Crippen LogP contribution in [0.25, 0.3) is 0 Å². The maximum atomic E-state index is 13.5. The van der Waals surface area contributed by atoms with Crippen LogP contribution in [0.1, 0.15) is 45.7 Å². The van der Waals surface area contributed by atoms with Gasteiger partial charge in [0.25, 0.3) is 0 Å². The van der Waals surface area contributed by atoms with E-state index in [1.54, 1.807) is 26.1 Å². The zero-order valence-corrected chi connectivity index (χ0v) is 21.3. The van der Waals surface area contributed by atoms with E-state index in [9.17, 15) is 18.0 Å². The Morgan fingerprint density at radius 2 is 1.91 bits per heavy atom. The van der Waals surface area contributed by atoms with Gasteiger partial charge >= 0.3 is 5.97 Å². The van der Waals surface area contributed by atoms with Crippen LogP contribution in [-0.4, -0.2) is 52.6 Å². The van der Waals surface area contributed by atoms with E-state index in [0.717, 1.165) is 6.26 Å². The van der Waals surface area contributed by atoms with Crippen molar-refractivity contribution < 1.29 is 27.5 Å². The lowest BCUT2D eigenvalue weighted by Gasteiger charge is -2.14. The first-order valence-electron chi connectivity index (χ1n) is 10.6. The van der Waals surface area contributed by atoms with E-state index in [4.69, 9.17) is 21.1 Å². The van der Waals surface area contributed by atoms with Crippen molar-refractivity contribution in [3.8, 4) is 5.88 Å². The monoisotopic (exact) mass is 520 g/mol. The maximum Gasteiger partial charge on any atom is 0.348 e. The van der Waals surface area contributed by atoms with Gasteiger partial charge in [0.05, 0.1) is 41.1 Å². The van der Waals surface area contributed by atoms with Crippen molar-refractivity contribution in [2.45, 2.75) is 31.9 Å². The molecule has 0 saturated carbocycles. The second-order valence-electron chi connectivity index (χ2n) is 7.56. The molecule has 12 heteroatoms. The molecule has 2 heterocycles. The first-order chi connectivity index (χ1) is 16.6. The molecular weight excluding hydrogens is 496 g/mol. The fourth-order valence-corrected chi connectivity index (χ4v) is 4.55. The Bertz CT molecular complexity index is 1390. The van der Waals surface area contributed by atoms with E-state index in [1.807, 2.05) is 6.92 Å². The van der Waals surface area contributed by atoms with Crippen LogP contribution < -0.4 is 4.74 Å². The highest BCUT2D eigenvalue weighted by Crippen LogP contribution is 2.32. The van der Waals surface area contributed by atoms with Gasteiger partial charge in [0.2, 0.25) is 11.7 Å². The van der Waals surface area contributed by atoms with Gasteiger partial charge in [-0.1, -0.05) is 23.8 Å². The van der Waals surface area contributed by atoms with Crippen LogP contribution in [0, 0.1) is 0 Å². The molecule has 186 valence electrons. The summed E-state index contributed by atoms with van der Waals surface area (Å²) in [5.41, 5.74) is 0.393. The van der Waals surface area contributed by atoms with Gasteiger partial charge < -0.3 is 9.47 Å². The molecule has 0 spiro atoms. The summed E-state index contributed by atoms with van der Waals surface area (Å²) in [4.78, 5) is 26.1. The quantitative estimate of drug-likeness (QED) is 0.173. The van der Waals surface area contributed by atoms with Crippen molar-refractivity contribution in [3.63, 3.8) is 0 Å². The number of hydrogen-bond donors (Lipinski definition) is 0. The molecular formula is C23H25ClN4O6S. The van der Waals surface area contributed by atoms with Crippen LogP contribution in [0.5, 0.6) is 5.88 Å². The summed E-state index contributed by atoms with van der Waals surface area (Å²) in [6.07, 6.45) is 8.70. The predicted octanol–water partition coefficient (Wildman–Crippen LogP) is 3.24. The Labute approximate surface area is 208 Å². The molecule has 3 aromatic rings. The van der Waals surface area contributed by atoms with E-state index < -0.39 is 21.6 Å². The van der Waals surface area contributed by atoms with Gasteiger partial charge in [-0.25, -0.2) is 17.9 Å². The minimum Gasteiger partial charge on any atom is -0.403 e. The van der Waals surface area contributed by atoms with Gasteiger partial charge in [0.1, 0.15) is 5.56 Å². The number of hydrogen-bond acceptors (Lipinski definition) is 8. The standard InChI is InChI=1S/C23H25ClN4O6S/c1-5-7-10-33-14-18-19(35(4,31)32)9-8-16(20(18)24)21(29)17-12-26-28(6-2)22(17)34-23(30)15-11-25-27(3)13-15/h5,7-9,11-13H,6,10,14H2,1-4H3/b7-5+. The number of aryl methyl sites for hydroxylation is 2. The third-order valence-electron chi connectivity index (χ3n) is 5.01. The number of sulfone groups is 1. The van der Waals surface area contributed by atoms with Crippen LogP contribution in [-0.2, 0) is 34.8 Å². The molecule has 0 aliphatic heterocycles. The number of carbonyl (C=O) groups is 2. The van der Waals surface area contributed by atoms with E-state index in [2.05, 4.69) is 10.2 Å². The molecule has 0 bridgehead atoms. The van der Waals surface area contributed by atoms with Crippen LogP contribution in [0.2, 0.25) is 5.02 Å². The van der Waals surface area contributed by atoms with E-state index in [1.165, 1.54) is 40.1 Å². The molecule has 35 heavy (non-hydrogen) atoms. The average molecular weight is 521 g/mol. The molecule has 2 aromatic heterocycles. The number of nitrogens with zero attached hydrogens (tertiary/aromatic N) is 4. The van der Waals surface area contributed by atoms with E-state index in [-0.39, 0.29) is 51.3 Å². The Morgan fingerprint density at radius 3 is 2.51 bits per heavy atom. The first-order valence-corrected chi connectivity index (χ1v) is 12.9. The van der Waals surface area contributed by atoms with Crippen LogP contribution in [0.3, 0.4) is 0 Å². The third-order valence-corrected chi connectivity index (χ3v) is 6.62. The fraction of sp³-hybridized carbons (Fsp3) is 0.304. The largest absolute Gasteiger partial charge is 0.403 e. The Morgan fingerprint density at radius 1 is 1.17 bits per heavy atom. The number of aromatic nitrogens is 4. The van der Waals surface area contributed by atoms with Crippen molar-refractivity contribution in [1.29, 1.82) is 0 Å².